The number of tetrazole rings is 1. The second-order valence-electron chi connectivity index (χ2n) is 2.11. The van der Waals surface area contributed by atoms with Crippen LogP contribution in [0.3, 0.4) is 0 Å². The molecule has 10 heteroatoms. The van der Waals surface area contributed by atoms with E-state index in [2.05, 4.69) is 15.5 Å². The van der Waals surface area contributed by atoms with E-state index in [9.17, 15) is 12.9 Å². The molecule has 1 aromatic heterocycles. The standard InChI is InChI=1S/C3H5BF3N4S.K/c1-11-3(8-9-10-11)12-2-4(5,6)7;/h2H2,1H3;/q-1;+1. The van der Waals surface area contributed by atoms with Crippen molar-refractivity contribution in [1.29, 1.82) is 0 Å². The van der Waals surface area contributed by atoms with Crippen LogP contribution in [0.5, 0.6) is 0 Å². The van der Waals surface area contributed by atoms with Crippen LogP contribution in [0.1, 0.15) is 0 Å². The third-order valence-electron chi connectivity index (χ3n) is 0.983. The van der Waals surface area contributed by atoms with Crippen LogP contribution < -0.4 is 51.4 Å². The van der Waals surface area contributed by atoms with E-state index in [0.29, 0.717) is 11.8 Å². The van der Waals surface area contributed by atoms with E-state index in [4.69, 9.17) is 0 Å². The summed E-state index contributed by atoms with van der Waals surface area (Å²) in [4.78, 5) is 0. The van der Waals surface area contributed by atoms with Gasteiger partial charge in [-0.3, -0.25) is 0 Å². The Kier molecular flexibility index (Phi) is 6.11. The van der Waals surface area contributed by atoms with E-state index in [1.807, 2.05) is 0 Å². The molecule has 1 aromatic rings. The third kappa shape index (κ3) is 5.37. The van der Waals surface area contributed by atoms with Gasteiger partial charge in [-0.05, 0) is 16.1 Å². The maximum Gasteiger partial charge on any atom is 1.00 e. The SMILES string of the molecule is Cn1nnnc1SC[B-](F)(F)F.[K+]. The molecule has 0 spiro atoms. The molecule has 0 aromatic carbocycles. The van der Waals surface area contributed by atoms with Crippen LogP contribution >= 0.6 is 11.8 Å². The molecular formula is C3H5BF3KN4S. The van der Waals surface area contributed by atoms with E-state index >= 15 is 0 Å². The summed E-state index contributed by atoms with van der Waals surface area (Å²) in [6.07, 6.45) is 0. The van der Waals surface area contributed by atoms with Crippen LogP contribution in [0.25, 0.3) is 0 Å². The Balaban J connectivity index is 0.00000144. The van der Waals surface area contributed by atoms with Crippen LogP contribution in [-0.4, -0.2) is 32.8 Å². The van der Waals surface area contributed by atoms with Crippen molar-refractivity contribution in [3.8, 4) is 0 Å². The summed E-state index contributed by atoms with van der Waals surface area (Å²) >= 11 is 0.590. The number of nitrogens with zero attached hydrogens (tertiary/aromatic N) is 4. The molecule has 0 atom stereocenters. The summed E-state index contributed by atoms with van der Waals surface area (Å²) in [5.74, 6) is 0. The van der Waals surface area contributed by atoms with Crippen molar-refractivity contribution >= 4 is 18.7 Å². The fourth-order valence-corrected chi connectivity index (χ4v) is 1.17. The van der Waals surface area contributed by atoms with Crippen molar-refractivity contribution in [2.24, 2.45) is 7.05 Å². The quantitative estimate of drug-likeness (QED) is 0.437. The van der Waals surface area contributed by atoms with Gasteiger partial charge in [-0.1, -0.05) is 0 Å². The first kappa shape index (κ1) is 13.9. The molecule has 13 heavy (non-hydrogen) atoms. The number of hydrogen-bond donors (Lipinski definition) is 0. The minimum absolute atomic E-state index is 0. The van der Waals surface area contributed by atoms with Gasteiger partial charge in [0.1, 0.15) is 0 Å². The van der Waals surface area contributed by atoms with Crippen LogP contribution in [0, 0.1) is 0 Å². The molecule has 0 saturated heterocycles. The van der Waals surface area contributed by atoms with E-state index in [-0.39, 0.29) is 56.5 Å². The Morgan fingerprint density at radius 3 is 2.46 bits per heavy atom. The average Bonchev–Trinajstić information content (AvgIpc) is 2.29. The fraction of sp³-hybridized carbons (Fsp3) is 0.667. The molecule has 0 aliphatic rings. The summed E-state index contributed by atoms with van der Waals surface area (Å²) in [5.41, 5.74) is -0.909. The molecule has 0 saturated carbocycles. The molecule has 0 aliphatic heterocycles. The topological polar surface area (TPSA) is 43.6 Å². The first-order valence-electron chi connectivity index (χ1n) is 3.05. The van der Waals surface area contributed by atoms with Crippen molar-refractivity contribution in [2.45, 2.75) is 5.16 Å². The monoisotopic (exact) mass is 236 g/mol. The molecule has 1 rings (SSSR count). The number of halogens is 3. The predicted octanol–water partition coefficient (Wildman–Crippen LogP) is -2.31. The summed E-state index contributed by atoms with van der Waals surface area (Å²) in [5, 5.41) is 10.2. The van der Waals surface area contributed by atoms with Crippen LogP contribution in [0.2, 0.25) is 0 Å². The summed E-state index contributed by atoms with van der Waals surface area (Å²) in [7, 11) is 1.49. The van der Waals surface area contributed by atoms with Gasteiger partial charge >= 0.3 is 58.4 Å². The van der Waals surface area contributed by atoms with Crippen molar-refractivity contribution in [1.82, 2.24) is 20.2 Å². The van der Waals surface area contributed by atoms with E-state index in [1.165, 1.54) is 11.7 Å². The smallest absolute Gasteiger partial charge is 0.448 e. The maximum absolute atomic E-state index is 11.7. The van der Waals surface area contributed by atoms with Gasteiger partial charge in [0, 0.05) is 7.05 Å². The Hall–Kier alpha value is 0.911. The van der Waals surface area contributed by atoms with E-state index in [0.717, 1.165) is 0 Å². The second kappa shape index (κ2) is 5.71. The summed E-state index contributed by atoms with van der Waals surface area (Å²) in [6, 6.07) is 0. The van der Waals surface area contributed by atoms with Crippen LogP contribution in [0.4, 0.5) is 12.9 Å². The Morgan fingerprint density at radius 2 is 2.08 bits per heavy atom. The van der Waals surface area contributed by atoms with Gasteiger partial charge in [0.05, 0.1) is 0 Å². The van der Waals surface area contributed by atoms with Gasteiger partial charge in [-0.25, -0.2) is 4.68 Å². The molecule has 0 aliphatic carbocycles. The first-order chi connectivity index (χ1) is 5.49. The molecule has 0 amide bonds. The molecular weight excluding hydrogens is 231 g/mol. The molecule has 0 bridgehead atoms. The minimum atomic E-state index is -4.77. The van der Waals surface area contributed by atoms with Gasteiger partial charge in [0.15, 0.2) is 0 Å². The Labute approximate surface area is 119 Å². The fourth-order valence-electron chi connectivity index (χ4n) is 0.513. The summed E-state index contributed by atoms with van der Waals surface area (Å²) < 4.78 is 36.4. The normalized spacial score (nSPS) is 11.1. The Bertz CT molecular complexity index is 265. The zero-order chi connectivity index (χ0) is 9.19. The molecule has 0 fully saturated rings. The third-order valence-corrected chi connectivity index (χ3v) is 2.13. The minimum Gasteiger partial charge on any atom is -0.448 e. The number of aromatic nitrogens is 4. The van der Waals surface area contributed by atoms with Gasteiger partial charge < -0.3 is 12.9 Å². The van der Waals surface area contributed by atoms with E-state index in [1.54, 1.807) is 0 Å². The number of hydrogen-bond acceptors (Lipinski definition) is 4. The second-order valence-corrected chi connectivity index (χ2v) is 3.09. The van der Waals surface area contributed by atoms with Gasteiger partial charge in [-0.2, -0.15) is 0 Å². The molecule has 1 heterocycles. The Morgan fingerprint density at radius 1 is 1.46 bits per heavy atom. The first-order valence-corrected chi connectivity index (χ1v) is 4.04. The van der Waals surface area contributed by atoms with Gasteiger partial charge in [0.25, 0.3) is 0 Å². The average molecular weight is 236 g/mol. The molecule has 0 unspecified atom stereocenters. The van der Waals surface area contributed by atoms with E-state index < -0.39 is 12.6 Å². The van der Waals surface area contributed by atoms with Gasteiger partial charge in [-0.15, -0.1) is 16.9 Å². The predicted molar refractivity (Wildman–Crippen MR) is 38.6 cm³/mol. The number of thioether (sulfide) groups is 1. The van der Waals surface area contributed by atoms with Crippen LogP contribution in [-0.2, 0) is 7.05 Å². The molecule has 4 nitrogen and oxygen atoms in total. The molecule has 0 N–H and O–H groups in total. The maximum atomic E-state index is 11.7. The summed E-state index contributed by atoms with van der Waals surface area (Å²) in [6.45, 7) is -4.77. The van der Waals surface area contributed by atoms with Crippen molar-refractivity contribution in [3.63, 3.8) is 0 Å². The van der Waals surface area contributed by atoms with Crippen LogP contribution in [0.15, 0.2) is 5.16 Å². The zero-order valence-corrected chi connectivity index (χ0v) is 11.1. The molecule has 0 radical (unpaired) electrons. The van der Waals surface area contributed by atoms with Crippen molar-refractivity contribution in [2.75, 3.05) is 5.65 Å². The largest absolute Gasteiger partial charge is 1.00 e. The van der Waals surface area contributed by atoms with Crippen molar-refractivity contribution < 1.29 is 64.3 Å². The van der Waals surface area contributed by atoms with Gasteiger partial charge in [0.2, 0.25) is 5.16 Å². The van der Waals surface area contributed by atoms with Crippen molar-refractivity contribution in [3.05, 3.63) is 0 Å². The number of aryl methyl sites for hydroxylation is 1. The number of rotatable bonds is 3. The zero-order valence-electron chi connectivity index (χ0n) is 7.12. The molecule has 68 valence electrons.